The highest BCUT2D eigenvalue weighted by molar-refractivity contribution is 7.89. The Labute approximate surface area is 136 Å². The third-order valence-corrected chi connectivity index (χ3v) is 4.20. The summed E-state index contributed by atoms with van der Waals surface area (Å²) in [6, 6.07) is 13.7. The first kappa shape index (κ1) is 16.8. The fraction of sp³-hybridized carbons (Fsp3) is 0.118. The summed E-state index contributed by atoms with van der Waals surface area (Å²) in [5.74, 6) is 0.710. The minimum Gasteiger partial charge on any atom is -0.490 e. The van der Waals surface area contributed by atoms with Crippen LogP contribution in [0.25, 0.3) is 0 Å². The molecular weight excluding hydrogens is 312 g/mol. The van der Waals surface area contributed by atoms with E-state index in [0.29, 0.717) is 12.4 Å². The summed E-state index contributed by atoms with van der Waals surface area (Å²) in [5, 5.41) is 3.78. The summed E-state index contributed by atoms with van der Waals surface area (Å²) < 4.78 is 29.5. The zero-order chi connectivity index (χ0) is 16.7. The molecule has 1 N–H and O–H groups in total. The van der Waals surface area contributed by atoms with E-state index in [4.69, 9.17) is 4.74 Å². The van der Waals surface area contributed by atoms with E-state index >= 15 is 0 Å². The average Bonchev–Trinajstić information content (AvgIpc) is 2.54. The molecule has 0 bridgehead atoms. The molecule has 23 heavy (non-hydrogen) atoms. The van der Waals surface area contributed by atoms with Crippen LogP contribution in [0.4, 0.5) is 0 Å². The summed E-state index contributed by atoms with van der Waals surface area (Å²) in [4.78, 5) is 2.36. The Morgan fingerprint density at radius 3 is 2.39 bits per heavy atom. The van der Waals surface area contributed by atoms with Crippen LogP contribution in [0.1, 0.15) is 11.1 Å². The van der Waals surface area contributed by atoms with Crippen LogP contribution in [-0.4, -0.2) is 21.2 Å². The highest BCUT2D eigenvalue weighted by Crippen LogP contribution is 2.12. The van der Waals surface area contributed by atoms with Crippen LogP contribution in [-0.2, 0) is 10.0 Å². The molecule has 0 saturated carbocycles. The van der Waals surface area contributed by atoms with Crippen LogP contribution >= 0.6 is 0 Å². The zero-order valence-corrected chi connectivity index (χ0v) is 13.6. The van der Waals surface area contributed by atoms with Crippen molar-refractivity contribution in [1.82, 2.24) is 4.83 Å². The van der Waals surface area contributed by atoms with Crippen LogP contribution in [0.2, 0.25) is 0 Å². The molecule has 0 aliphatic heterocycles. The molecule has 0 aromatic heterocycles. The van der Waals surface area contributed by atoms with Crippen molar-refractivity contribution in [3.05, 3.63) is 72.3 Å². The van der Waals surface area contributed by atoms with E-state index in [1.807, 2.05) is 6.92 Å². The van der Waals surface area contributed by atoms with Gasteiger partial charge in [-0.2, -0.15) is 13.5 Å². The molecular formula is C17H18N2O3S. The highest BCUT2D eigenvalue weighted by Gasteiger charge is 2.11. The van der Waals surface area contributed by atoms with E-state index in [1.165, 1.54) is 6.21 Å². The summed E-state index contributed by atoms with van der Waals surface area (Å²) in [6.45, 7) is 5.90. The number of nitrogens with zero attached hydrogens (tertiary/aromatic N) is 1. The molecule has 0 unspecified atom stereocenters. The first-order chi connectivity index (χ1) is 11.0. The summed E-state index contributed by atoms with van der Waals surface area (Å²) in [7, 11) is -3.65. The topological polar surface area (TPSA) is 67.8 Å². The first-order valence-corrected chi connectivity index (χ1v) is 8.45. The summed E-state index contributed by atoms with van der Waals surface area (Å²) in [6.07, 6.45) is 3.10. The Balaban J connectivity index is 2.00. The second-order valence-electron chi connectivity index (χ2n) is 4.83. The molecule has 2 aromatic rings. The van der Waals surface area contributed by atoms with Gasteiger partial charge in [-0.15, -0.1) is 0 Å². The minimum absolute atomic E-state index is 0.174. The SMILES string of the molecule is C=CCOc1ccc(C=NNS(=O)(=O)c2ccc(C)cc2)cc1. The van der Waals surface area contributed by atoms with E-state index in [2.05, 4.69) is 16.5 Å². The Morgan fingerprint density at radius 1 is 1.13 bits per heavy atom. The lowest BCUT2D eigenvalue weighted by Gasteiger charge is -2.04. The Kier molecular flexibility index (Phi) is 5.54. The van der Waals surface area contributed by atoms with Gasteiger partial charge in [-0.3, -0.25) is 0 Å². The zero-order valence-electron chi connectivity index (χ0n) is 12.8. The summed E-state index contributed by atoms with van der Waals surface area (Å²) in [5.41, 5.74) is 1.74. The van der Waals surface area contributed by atoms with Gasteiger partial charge < -0.3 is 4.74 Å². The second kappa shape index (κ2) is 7.60. The van der Waals surface area contributed by atoms with Gasteiger partial charge in [0.05, 0.1) is 11.1 Å². The predicted molar refractivity (Wildman–Crippen MR) is 91.2 cm³/mol. The highest BCUT2D eigenvalue weighted by atomic mass is 32.2. The lowest BCUT2D eigenvalue weighted by atomic mass is 10.2. The maximum atomic E-state index is 12.1. The van der Waals surface area contributed by atoms with Crippen molar-refractivity contribution < 1.29 is 13.2 Å². The number of nitrogens with one attached hydrogen (secondary N) is 1. The lowest BCUT2D eigenvalue weighted by molar-refractivity contribution is 0.363. The quantitative estimate of drug-likeness (QED) is 0.482. The molecule has 6 heteroatoms. The molecule has 0 spiro atoms. The number of rotatable bonds is 7. The van der Waals surface area contributed by atoms with Crippen molar-refractivity contribution in [2.45, 2.75) is 11.8 Å². The van der Waals surface area contributed by atoms with Crippen LogP contribution in [0.15, 0.2) is 71.2 Å². The van der Waals surface area contributed by atoms with Crippen molar-refractivity contribution >= 4 is 16.2 Å². The van der Waals surface area contributed by atoms with E-state index in [1.54, 1.807) is 54.6 Å². The van der Waals surface area contributed by atoms with Crippen LogP contribution in [0, 0.1) is 6.92 Å². The monoisotopic (exact) mass is 330 g/mol. The number of benzene rings is 2. The smallest absolute Gasteiger partial charge is 0.276 e. The average molecular weight is 330 g/mol. The molecule has 5 nitrogen and oxygen atoms in total. The van der Waals surface area contributed by atoms with Gasteiger partial charge in [-0.1, -0.05) is 30.4 Å². The first-order valence-electron chi connectivity index (χ1n) is 6.96. The van der Waals surface area contributed by atoms with Gasteiger partial charge in [0.25, 0.3) is 10.0 Å². The molecule has 120 valence electrons. The Bertz CT molecular complexity index is 780. The second-order valence-corrected chi connectivity index (χ2v) is 6.50. The number of sulfonamides is 1. The number of hydrogen-bond acceptors (Lipinski definition) is 4. The fourth-order valence-electron chi connectivity index (χ4n) is 1.75. The van der Waals surface area contributed by atoms with Gasteiger partial charge in [0.2, 0.25) is 0 Å². The molecule has 0 saturated heterocycles. The van der Waals surface area contributed by atoms with Gasteiger partial charge in [-0.25, -0.2) is 4.83 Å². The Morgan fingerprint density at radius 2 is 1.78 bits per heavy atom. The number of hydrogen-bond donors (Lipinski definition) is 1. The van der Waals surface area contributed by atoms with Gasteiger partial charge in [0, 0.05) is 0 Å². The van der Waals surface area contributed by atoms with Gasteiger partial charge in [-0.05, 0) is 48.9 Å². The molecule has 0 fully saturated rings. The fourth-order valence-corrected chi connectivity index (χ4v) is 2.54. The third kappa shape index (κ3) is 4.96. The number of ether oxygens (including phenoxy) is 1. The molecule has 2 rings (SSSR count). The standard InChI is InChI=1S/C17H18N2O3S/c1-3-12-22-16-8-6-15(7-9-16)13-18-19-23(20,21)17-10-4-14(2)5-11-17/h3-11,13,19H,1,12H2,2H3. The van der Waals surface area contributed by atoms with Crippen LogP contribution in [0.5, 0.6) is 5.75 Å². The van der Waals surface area contributed by atoms with E-state index in [0.717, 1.165) is 11.1 Å². The maximum Gasteiger partial charge on any atom is 0.276 e. The van der Waals surface area contributed by atoms with E-state index in [-0.39, 0.29) is 4.90 Å². The van der Waals surface area contributed by atoms with Crippen LogP contribution in [0.3, 0.4) is 0 Å². The molecule has 0 atom stereocenters. The van der Waals surface area contributed by atoms with E-state index in [9.17, 15) is 8.42 Å². The third-order valence-electron chi connectivity index (χ3n) is 2.97. The number of aryl methyl sites for hydroxylation is 1. The molecule has 2 aromatic carbocycles. The van der Waals surface area contributed by atoms with E-state index < -0.39 is 10.0 Å². The maximum absolute atomic E-state index is 12.1. The molecule has 0 amide bonds. The van der Waals surface area contributed by atoms with Crippen molar-refractivity contribution in [1.29, 1.82) is 0 Å². The minimum atomic E-state index is -3.65. The molecule has 0 aliphatic carbocycles. The van der Waals surface area contributed by atoms with Gasteiger partial charge >= 0.3 is 0 Å². The Hall–Kier alpha value is -2.60. The molecule has 0 radical (unpaired) electrons. The van der Waals surface area contributed by atoms with Crippen molar-refractivity contribution in [2.75, 3.05) is 6.61 Å². The predicted octanol–water partition coefficient (Wildman–Crippen LogP) is 2.87. The number of hydrazone groups is 1. The van der Waals surface area contributed by atoms with Gasteiger partial charge in [0.1, 0.15) is 12.4 Å². The lowest BCUT2D eigenvalue weighted by Crippen LogP contribution is -2.18. The molecule has 0 aliphatic rings. The van der Waals surface area contributed by atoms with Crippen molar-refractivity contribution in [2.24, 2.45) is 5.10 Å². The van der Waals surface area contributed by atoms with Crippen molar-refractivity contribution in [3.8, 4) is 5.75 Å². The van der Waals surface area contributed by atoms with Gasteiger partial charge in [0.15, 0.2) is 0 Å². The molecule has 0 heterocycles. The largest absolute Gasteiger partial charge is 0.490 e. The normalized spacial score (nSPS) is 11.3. The van der Waals surface area contributed by atoms with Crippen LogP contribution < -0.4 is 9.57 Å². The van der Waals surface area contributed by atoms with Crippen molar-refractivity contribution in [3.63, 3.8) is 0 Å². The summed E-state index contributed by atoms with van der Waals surface area (Å²) >= 11 is 0.